The van der Waals surface area contributed by atoms with Gasteiger partial charge in [-0.3, -0.25) is 24.1 Å². The summed E-state index contributed by atoms with van der Waals surface area (Å²) in [6.07, 6.45) is 3.45. The molecule has 10 nitrogen and oxygen atoms in total. The van der Waals surface area contributed by atoms with Crippen LogP contribution >= 0.6 is 0 Å². The monoisotopic (exact) mass is 632 g/mol. The fourth-order valence-electron chi connectivity index (χ4n) is 6.45. The van der Waals surface area contributed by atoms with E-state index in [1.54, 1.807) is 66.7 Å². The molecule has 2 unspecified atom stereocenters. The van der Waals surface area contributed by atoms with Crippen LogP contribution in [0, 0.1) is 0 Å². The van der Waals surface area contributed by atoms with Gasteiger partial charge >= 0.3 is 5.97 Å². The molecule has 2 heterocycles. The molecule has 4 aromatic rings. The topological polar surface area (TPSA) is 136 Å². The molecule has 4 aromatic carbocycles. The van der Waals surface area contributed by atoms with E-state index in [4.69, 9.17) is 0 Å². The minimum atomic E-state index is -1.24. The van der Waals surface area contributed by atoms with Crippen LogP contribution in [-0.2, 0) is 27.2 Å². The third-order valence-corrected chi connectivity index (χ3v) is 8.80. The van der Waals surface area contributed by atoms with E-state index in [2.05, 4.69) is 15.5 Å². The minimum absolute atomic E-state index is 0.0507. The van der Waals surface area contributed by atoms with E-state index >= 15 is 0 Å². The molecule has 0 spiro atoms. The van der Waals surface area contributed by atoms with Gasteiger partial charge < -0.3 is 20.6 Å². The first-order chi connectivity index (χ1) is 22.8. The van der Waals surface area contributed by atoms with E-state index in [0.29, 0.717) is 16.5 Å². The maximum Gasteiger partial charge on any atom is 0.326 e. The van der Waals surface area contributed by atoms with Crippen molar-refractivity contribution in [2.75, 3.05) is 24.5 Å². The normalized spacial score (nSPS) is 15.7. The second-order valence-electron chi connectivity index (χ2n) is 12.0. The van der Waals surface area contributed by atoms with E-state index in [0.717, 1.165) is 53.0 Å². The number of carboxylic acids is 1. The molecule has 0 aromatic heterocycles. The summed E-state index contributed by atoms with van der Waals surface area (Å²) in [5.41, 5.74) is 3.13. The SMILES string of the molecule is O=C(CN1C(=O)c2cccc3c(N4CCCCC4)ccc(c23)C1=O)NC(Cc1ccccc1)C(=O)NC(Cc1ccccc1)C(=O)O. The Labute approximate surface area is 272 Å². The third-order valence-electron chi connectivity index (χ3n) is 8.80. The highest BCUT2D eigenvalue weighted by atomic mass is 16.4. The number of anilines is 1. The van der Waals surface area contributed by atoms with Crippen molar-refractivity contribution in [3.05, 3.63) is 113 Å². The van der Waals surface area contributed by atoms with Gasteiger partial charge in [0, 0.05) is 53.5 Å². The highest BCUT2D eigenvalue weighted by Gasteiger charge is 2.36. The number of amides is 4. The molecular weight excluding hydrogens is 596 g/mol. The van der Waals surface area contributed by atoms with Crippen molar-refractivity contribution in [3.8, 4) is 0 Å². The number of hydrogen-bond acceptors (Lipinski definition) is 6. The van der Waals surface area contributed by atoms with Gasteiger partial charge in [0.25, 0.3) is 11.8 Å². The quantitative estimate of drug-likeness (QED) is 0.213. The van der Waals surface area contributed by atoms with Crippen molar-refractivity contribution in [1.82, 2.24) is 15.5 Å². The lowest BCUT2D eigenvalue weighted by Crippen LogP contribution is -2.55. The Morgan fingerprint density at radius 1 is 0.681 bits per heavy atom. The van der Waals surface area contributed by atoms with Crippen molar-refractivity contribution >= 4 is 46.1 Å². The zero-order valence-corrected chi connectivity index (χ0v) is 25.9. The molecule has 2 atom stereocenters. The zero-order chi connectivity index (χ0) is 32.9. The Balaban J connectivity index is 1.21. The van der Waals surface area contributed by atoms with Crippen LogP contribution in [0.2, 0.25) is 0 Å². The number of imide groups is 1. The lowest BCUT2D eigenvalue weighted by molar-refractivity contribution is -0.142. The smallest absolute Gasteiger partial charge is 0.326 e. The molecule has 6 rings (SSSR count). The Morgan fingerprint density at radius 3 is 1.89 bits per heavy atom. The molecule has 0 radical (unpaired) electrons. The molecule has 4 amide bonds. The summed E-state index contributed by atoms with van der Waals surface area (Å²) in [7, 11) is 0. The first-order valence-electron chi connectivity index (χ1n) is 15.9. The molecule has 0 aliphatic carbocycles. The molecule has 47 heavy (non-hydrogen) atoms. The number of carboxylic acid groups (broad SMARTS) is 1. The predicted molar refractivity (Wildman–Crippen MR) is 177 cm³/mol. The zero-order valence-electron chi connectivity index (χ0n) is 25.9. The molecule has 0 saturated carbocycles. The van der Waals surface area contributed by atoms with Crippen LogP contribution in [0.15, 0.2) is 91.0 Å². The van der Waals surface area contributed by atoms with Gasteiger partial charge in [0.15, 0.2) is 0 Å². The lowest BCUT2D eigenvalue weighted by atomic mass is 9.92. The maximum absolute atomic E-state index is 13.7. The first kappa shape index (κ1) is 31.5. The standard InChI is InChI=1S/C37H36N4O6/c42-32(38-29(21-24-11-4-1-5-12-24)34(43)39-30(37(46)47)22-25-13-6-2-7-14-25)23-41-35(44)27-16-10-15-26-31(40-19-8-3-9-20-40)18-17-28(33(26)27)36(41)45/h1-2,4-7,10-18,29-30H,3,8-9,19-23H2,(H,38,42)(H,39,43)(H,46,47). The highest BCUT2D eigenvalue weighted by molar-refractivity contribution is 6.27. The summed E-state index contributed by atoms with van der Waals surface area (Å²) < 4.78 is 0. The molecule has 0 bridgehead atoms. The number of nitrogens with one attached hydrogen (secondary N) is 2. The minimum Gasteiger partial charge on any atom is -0.480 e. The summed E-state index contributed by atoms with van der Waals surface area (Å²) in [6.45, 7) is 1.21. The molecule has 1 fully saturated rings. The van der Waals surface area contributed by atoms with Crippen molar-refractivity contribution in [2.24, 2.45) is 0 Å². The Kier molecular flexibility index (Phi) is 9.28. The van der Waals surface area contributed by atoms with Gasteiger partial charge in [0.2, 0.25) is 11.8 Å². The van der Waals surface area contributed by atoms with Gasteiger partial charge in [0.1, 0.15) is 18.6 Å². The Bertz CT molecular complexity index is 1800. The van der Waals surface area contributed by atoms with Crippen LogP contribution in [0.3, 0.4) is 0 Å². The maximum atomic E-state index is 13.7. The Hall–Kier alpha value is -5.51. The van der Waals surface area contributed by atoms with E-state index in [-0.39, 0.29) is 12.8 Å². The van der Waals surface area contributed by atoms with E-state index in [1.807, 2.05) is 24.3 Å². The van der Waals surface area contributed by atoms with Gasteiger partial charge in [-0.25, -0.2) is 4.79 Å². The van der Waals surface area contributed by atoms with E-state index in [9.17, 15) is 29.1 Å². The number of rotatable bonds is 11. The van der Waals surface area contributed by atoms with Crippen LogP contribution < -0.4 is 15.5 Å². The summed E-state index contributed by atoms with van der Waals surface area (Å²) in [5.74, 6) is -3.80. The van der Waals surface area contributed by atoms with Crippen molar-refractivity contribution in [2.45, 2.75) is 44.2 Å². The molecule has 2 aliphatic heterocycles. The molecule has 10 heteroatoms. The fourth-order valence-corrected chi connectivity index (χ4v) is 6.45. The van der Waals surface area contributed by atoms with Gasteiger partial charge in [-0.05, 0) is 48.6 Å². The predicted octanol–water partition coefficient (Wildman–Crippen LogP) is 3.97. The van der Waals surface area contributed by atoms with Crippen LogP contribution in [0.1, 0.15) is 51.1 Å². The molecule has 3 N–H and O–H groups in total. The third kappa shape index (κ3) is 6.86. The number of carbonyl (C=O) groups excluding carboxylic acids is 4. The molecule has 240 valence electrons. The molecule has 2 aliphatic rings. The number of nitrogens with zero attached hydrogens (tertiary/aromatic N) is 2. The second-order valence-corrected chi connectivity index (χ2v) is 12.0. The second kappa shape index (κ2) is 13.9. The van der Waals surface area contributed by atoms with Crippen LogP contribution in [-0.4, -0.2) is 71.3 Å². The van der Waals surface area contributed by atoms with Crippen LogP contribution in [0.5, 0.6) is 0 Å². The van der Waals surface area contributed by atoms with Gasteiger partial charge in [-0.1, -0.05) is 72.8 Å². The van der Waals surface area contributed by atoms with E-state index < -0.39 is 48.2 Å². The number of hydrogen-bond donors (Lipinski definition) is 3. The Morgan fingerprint density at radius 2 is 1.28 bits per heavy atom. The summed E-state index contributed by atoms with van der Waals surface area (Å²) in [5, 5.41) is 16.5. The van der Waals surface area contributed by atoms with Gasteiger partial charge in [-0.15, -0.1) is 0 Å². The average molecular weight is 633 g/mol. The van der Waals surface area contributed by atoms with Crippen LogP contribution in [0.25, 0.3) is 10.8 Å². The van der Waals surface area contributed by atoms with Crippen molar-refractivity contribution in [1.29, 1.82) is 0 Å². The summed E-state index contributed by atoms with van der Waals surface area (Å²) in [6, 6.07) is 24.5. The van der Waals surface area contributed by atoms with Crippen LogP contribution in [0.4, 0.5) is 5.69 Å². The number of aliphatic carboxylic acids is 1. The number of carbonyl (C=O) groups is 5. The number of piperidine rings is 1. The lowest BCUT2D eigenvalue weighted by Gasteiger charge is -2.32. The average Bonchev–Trinajstić information content (AvgIpc) is 3.09. The number of benzene rings is 4. The fraction of sp³-hybridized carbons (Fsp3) is 0.270. The summed E-state index contributed by atoms with van der Waals surface area (Å²) >= 11 is 0. The summed E-state index contributed by atoms with van der Waals surface area (Å²) in [4.78, 5) is 69.7. The van der Waals surface area contributed by atoms with Crippen molar-refractivity contribution in [3.63, 3.8) is 0 Å². The first-order valence-corrected chi connectivity index (χ1v) is 15.9. The molecular formula is C37H36N4O6. The highest BCUT2D eigenvalue weighted by Crippen LogP contribution is 2.36. The largest absolute Gasteiger partial charge is 0.480 e. The molecule has 1 saturated heterocycles. The van der Waals surface area contributed by atoms with E-state index in [1.165, 1.54) is 6.42 Å². The van der Waals surface area contributed by atoms with Crippen molar-refractivity contribution < 1.29 is 29.1 Å². The van der Waals surface area contributed by atoms with Gasteiger partial charge in [0.05, 0.1) is 0 Å². The van der Waals surface area contributed by atoms with Gasteiger partial charge in [-0.2, -0.15) is 0 Å².